The van der Waals surface area contributed by atoms with Crippen molar-refractivity contribution in [1.29, 1.82) is 0 Å². The lowest BCUT2D eigenvalue weighted by atomic mass is 9.73. The van der Waals surface area contributed by atoms with E-state index in [0.29, 0.717) is 56.9 Å². The van der Waals surface area contributed by atoms with Crippen molar-refractivity contribution in [2.75, 3.05) is 51.1 Å². The van der Waals surface area contributed by atoms with Crippen LogP contribution in [0.15, 0.2) is 42.5 Å². The van der Waals surface area contributed by atoms with Crippen molar-refractivity contribution in [3.8, 4) is 0 Å². The van der Waals surface area contributed by atoms with Gasteiger partial charge in [-0.15, -0.1) is 0 Å². The molecule has 9 nitrogen and oxygen atoms in total. The van der Waals surface area contributed by atoms with Gasteiger partial charge in [0.15, 0.2) is 0 Å². The van der Waals surface area contributed by atoms with E-state index in [9.17, 15) is 22.8 Å². The lowest BCUT2D eigenvalue weighted by molar-refractivity contribution is -0.138. The summed E-state index contributed by atoms with van der Waals surface area (Å²) in [6, 6.07) is 3.56. The number of piperazine rings is 1. The van der Waals surface area contributed by atoms with E-state index < -0.39 is 23.4 Å². The maximum atomic E-state index is 13.6. The van der Waals surface area contributed by atoms with Gasteiger partial charge in [0.2, 0.25) is 0 Å². The number of hydrogen-bond donors (Lipinski definition) is 3. The van der Waals surface area contributed by atoms with Crippen LogP contribution in [0.3, 0.4) is 0 Å². The topological polar surface area (TPSA) is 95.2 Å². The number of ether oxygens (including phenoxy) is 2. The number of carbonyl (C=O) groups is 2. The molecule has 1 aromatic rings. The number of nitrogens with one attached hydrogen (secondary N) is 3. The zero-order valence-electron chi connectivity index (χ0n) is 25.7. The molecular weight excluding hydrogens is 575 g/mol. The number of anilines is 1. The van der Waals surface area contributed by atoms with Gasteiger partial charge in [-0.3, -0.25) is 4.90 Å². The molecule has 2 saturated heterocycles. The van der Waals surface area contributed by atoms with Gasteiger partial charge in [-0.25, -0.2) is 9.59 Å². The Hall–Kier alpha value is -3.25. The van der Waals surface area contributed by atoms with Gasteiger partial charge in [0.05, 0.1) is 17.8 Å². The highest BCUT2D eigenvalue weighted by Crippen LogP contribution is 2.49. The van der Waals surface area contributed by atoms with E-state index in [4.69, 9.17) is 9.47 Å². The summed E-state index contributed by atoms with van der Waals surface area (Å²) < 4.78 is 52.7. The van der Waals surface area contributed by atoms with Crippen molar-refractivity contribution in [3.05, 3.63) is 53.6 Å². The molecule has 0 radical (unpaired) electrons. The Morgan fingerprint density at radius 3 is 2.52 bits per heavy atom. The second-order valence-electron chi connectivity index (χ2n) is 13.0. The maximum absolute atomic E-state index is 13.6. The SMILES string of the molecule is CC(C)(C)OC(=O)N1CCN(CCNC(=O)NC[C@H]2CC[C@@H]3[C@H](O2)c2cc(C(F)(F)F)ccc2N[C@H]3C2C=CC=CC2)CC1. The Morgan fingerprint density at radius 1 is 1.07 bits per heavy atom. The lowest BCUT2D eigenvalue weighted by Gasteiger charge is -2.47. The van der Waals surface area contributed by atoms with Crippen molar-refractivity contribution in [2.24, 2.45) is 11.8 Å². The molecule has 1 aliphatic carbocycles. The van der Waals surface area contributed by atoms with Gasteiger partial charge in [0, 0.05) is 74.9 Å². The zero-order valence-corrected chi connectivity index (χ0v) is 25.7. The third-order valence-corrected chi connectivity index (χ3v) is 8.72. The van der Waals surface area contributed by atoms with Crippen molar-refractivity contribution in [3.63, 3.8) is 0 Å². The van der Waals surface area contributed by atoms with Gasteiger partial charge in [0.1, 0.15) is 5.60 Å². The number of halogens is 3. The van der Waals surface area contributed by atoms with Crippen LogP contribution in [0.5, 0.6) is 0 Å². The molecule has 0 bridgehead atoms. The summed E-state index contributed by atoms with van der Waals surface area (Å²) in [5.74, 6) is 0.222. The van der Waals surface area contributed by atoms with Crippen LogP contribution in [0.25, 0.3) is 0 Å². The van der Waals surface area contributed by atoms with E-state index in [1.165, 1.54) is 12.1 Å². The highest BCUT2D eigenvalue weighted by Gasteiger charge is 2.45. The van der Waals surface area contributed by atoms with Gasteiger partial charge in [0.25, 0.3) is 0 Å². The summed E-state index contributed by atoms with van der Waals surface area (Å²) >= 11 is 0. The Morgan fingerprint density at radius 2 is 1.84 bits per heavy atom. The Balaban J connectivity index is 1.11. The van der Waals surface area contributed by atoms with E-state index >= 15 is 0 Å². The Labute approximate surface area is 257 Å². The van der Waals surface area contributed by atoms with Crippen LogP contribution in [0.1, 0.15) is 57.3 Å². The minimum Gasteiger partial charge on any atom is -0.444 e. The first-order valence-corrected chi connectivity index (χ1v) is 15.6. The maximum Gasteiger partial charge on any atom is 0.416 e. The summed E-state index contributed by atoms with van der Waals surface area (Å²) in [5, 5.41) is 9.30. The number of urea groups is 1. The molecule has 3 aliphatic heterocycles. The van der Waals surface area contributed by atoms with Crippen LogP contribution in [0, 0.1) is 11.8 Å². The predicted octanol–water partition coefficient (Wildman–Crippen LogP) is 5.32. The molecule has 3 amide bonds. The Bertz CT molecular complexity index is 1240. The van der Waals surface area contributed by atoms with Crippen molar-refractivity contribution in [1.82, 2.24) is 20.4 Å². The standard InChI is InChI=1S/C32H44F3N5O4/c1-31(2,3)44-30(42)40-17-15-39(16-18-40)14-13-36-29(41)37-20-23-10-11-24-27(21-7-5-4-6-8-21)38-26-12-9-22(32(33,34)35)19-25(26)28(24)43-23/h4-7,9,12,19,21,23-24,27-28,38H,8,10-11,13-18,20H2,1-3H3,(H2,36,37,41)/t21?,23-,24+,27+,28+/m1/s1. The molecule has 44 heavy (non-hydrogen) atoms. The fraction of sp³-hybridized carbons (Fsp3) is 0.625. The average molecular weight is 620 g/mol. The first-order valence-electron chi connectivity index (χ1n) is 15.6. The molecule has 5 rings (SSSR count). The summed E-state index contributed by atoms with van der Waals surface area (Å²) in [5.41, 5.74) is -0.0229. The number of hydrogen-bond acceptors (Lipinski definition) is 6. The van der Waals surface area contributed by atoms with Gasteiger partial charge >= 0.3 is 18.3 Å². The predicted molar refractivity (Wildman–Crippen MR) is 161 cm³/mol. The number of rotatable bonds is 6. The van der Waals surface area contributed by atoms with Crippen LogP contribution in [0.4, 0.5) is 28.4 Å². The lowest BCUT2D eigenvalue weighted by Crippen LogP contribution is -2.52. The Kier molecular flexibility index (Phi) is 9.79. The molecular formula is C32H44F3N5O4. The smallest absolute Gasteiger partial charge is 0.416 e. The summed E-state index contributed by atoms with van der Waals surface area (Å²) in [7, 11) is 0. The van der Waals surface area contributed by atoms with Crippen LogP contribution in [0.2, 0.25) is 0 Å². The second-order valence-corrected chi connectivity index (χ2v) is 13.0. The van der Waals surface area contributed by atoms with Crippen LogP contribution in [-0.2, 0) is 15.7 Å². The third kappa shape index (κ3) is 8.06. The number of amides is 3. The molecule has 0 spiro atoms. The van der Waals surface area contributed by atoms with Crippen LogP contribution in [-0.4, -0.2) is 85.5 Å². The molecule has 0 aromatic heterocycles. The molecule has 3 heterocycles. The quantitative estimate of drug-likeness (QED) is 0.399. The minimum atomic E-state index is -4.45. The zero-order chi connectivity index (χ0) is 31.5. The second kappa shape index (κ2) is 13.4. The largest absolute Gasteiger partial charge is 0.444 e. The minimum absolute atomic E-state index is 0.00740. The number of benzene rings is 1. The molecule has 4 aliphatic rings. The molecule has 1 aromatic carbocycles. The molecule has 5 atom stereocenters. The summed E-state index contributed by atoms with van der Waals surface area (Å²) in [4.78, 5) is 28.7. The van der Waals surface area contributed by atoms with Crippen molar-refractivity contribution < 1.29 is 32.2 Å². The summed E-state index contributed by atoms with van der Waals surface area (Å²) in [6.07, 6.45) is 5.06. The van der Waals surface area contributed by atoms with Gasteiger partial charge in [-0.2, -0.15) is 13.2 Å². The fourth-order valence-corrected chi connectivity index (χ4v) is 6.49. The normalized spacial score (nSPS) is 27.1. The van der Waals surface area contributed by atoms with E-state index in [0.717, 1.165) is 18.9 Å². The molecule has 3 N–H and O–H groups in total. The molecule has 1 unspecified atom stereocenters. The van der Waals surface area contributed by atoms with Crippen molar-refractivity contribution >= 4 is 17.8 Å². The van der Waals surface area contributed by atoms with Gasteiger partial charge in [-0.1, -0.05) is 24.3 Å². The first kappa shape index (κ1) is 32.2. The number of alkyl halides is 3. The fourth-order valence-electron chi connectivity index (χ4n) is 6.49. The van der Waals surface area contributed by atoms with Gasteiger partial charge < -0.3 is 30.3 Å². The van der Waals surface area contributed by atoms with Gasteiger partial charge in [-0.05, 0) is 58.2 Å². The summed E-state index contributed by atoms with van der Waals surface area (Å²) in [6.45, 7) is 9.42. The van der Waals surface area contributed by atoms with Crippen LogP contribution >= 0.6 is 0 Å². The van der Waals surface area contributed by atoms with E-state index in [-0.39, 0.29) is 42.7 Å². The molecule has 2 fully saturated rings. The number of allylic oxidation sites excluding steroid dienone is 3. The number of fused-ring (bicyclic) bond motifs is 3. The monoisotopic (exact) mass is 619 g/mol. The van der Waals surface area contributed by atoms with Crippen LogP contribution < -0.4 is 16.0 Å². The average Bonchev–Trinajstić information content (AvgIpc) is 2.98. The molecule has 12 heteroatoms. The van der Waals surface area contributed by atoms with E-state index in [1.54, 1.807) is 4.90 Å². The van der Waals surface area contributed by atoms with Crippen molar-refractivity contribution in [2.45, 2.75) is 70.1 Å². The van der Waals surface area contributed by atoms with E-state index in [1.807, 2.05) is 32.9 Å². The number of nitrogens with zero attached hydrogens (tertiary/aromatic N) is 2. The third-order valence-electron chi connectivity index (χ3n) is 8.72. The highest BCUT2D eigenvalue weighted by atomic mass is 19.4. The number of carbonyl (C=O) groups excluding carboxylic acids is 2. The molecule has 0 saturated carbocycles. The van der Waals surface area contributed by atoms with E-state index in [2.05, 4.69) is 33.0 Å². The molecule has 242 valence electrons. The first-order chi connectivity index (χ1) is 20.9. The highest BCUT2D eigenvalue weighted by molar-refractivity contribution is 5.73.